The largest absolute Gasteiger partial charge is 0.491 e. The molecule has 1 aliphatic heterocycles. The van der Waals surface area contributed by atoms with Crippen molar-refractivity contribution < 1.29 is 19.1 Å². The molecule has 170 valence electrons. The van der Waals surface area contributed by atoms with Gasteiger partial charge in [0.05, 0.1) is 19.6 Å². The summed E-state index contributed by atoms with van der Waals surface area (Å²) in [6, 6.07) is 15.0. The molecular formula is C24H30N4O4. The molecule has 0 bridgehead atoms. The van der Waals surface area contributed by atoms with Gasteiger partial charge in [-0.15, -0.1) is 0 Å². The molecule has 1 saturated heterocycles. The molecule has 0 saturated carbocycles. The quantitative estimate of drug-likeness (QED) is 0.333. The summed E-state index contributed by atoms with van der Waals surface area (Å²) in [6.07, 6.45) is 0.979. The Bertz CT molecular complexity index is 943. The van der Waals surface area contributed by atoms with Crippen LogP contribution in [-0.2, 0) is 9.53 Å². The summed E-state index contributed by atoms with van der Waals surface area (Å²) in [5.41, 5.74) is 8.24. The van der Waals surface area contributed by atoms with Crippen LogP contribution in [0.5, 0.6) is 5.75 Å². The van der Waals surface area contributed by atoms with Crippen molar-refractivity contribution in [2.24, 2.45) is 11.7 Å². The number of hydrogen-bond acceptors (Lipinski definition) is 5. The number of amidine groups is 1. The van der Waals surface area contributed by atoms with Crippen LogP contribution in [0.2, 0.25) is 0 Å². The third-order valence-corrected chi connectivity index (χ3v) is 5.60. The monoisotopic (exact) mass is 438 g/mol. The molecule has 1 fully saturated rings. The number of amides is 2. The number of nitrogens with one attached hydrogen (secondary N) is 2. The highest BCUT2D eigenvalue weighted by Crippen LogP contribution is 2.28. The summed E-state index contributed by atoms with van der Waals surface area (Å²) in [4.78, 5) is 25.9. The number of likely N-dealkylation sites (tertiary alicyclic amines) is 1. The second-order valence-corrected chi connectivity index (χ2v) is 7.85. The van der Waals surface area contributed by atoms with E-state index in [1.165, 1.54) is 7.11 Å². The summed E-state index contributed by atoms with van der Waals surface area (Å²) >= 11 is 0. The number of hydrogen-bond donors (Lipinski definition) is 3. The third kappa shape index (κ3) is 5.78. The first-order valence-corrected chi connectivity index (χ1v) is 10.7. The second kappa shape index (κ2) is 10.7. The molecule has 8 nitrogen and oxygen atoms in total. The number of carbonyl (C=O) groups excluding carboxylic acids is 2. The smallest absolute Gasteiger partial charge is 0.317 e. The summed E-state index contributed by atoms with van der Waals surface area (Å²) in [7, 11) is 1.38. The van der Waals surface area contributed by atoms with E-state index in [1.54, 1.807) is 4.90 Å². The maximum absolute atomic E-state index is 12.5. The van der Waals surface area contributed by atoms with Crippen LogP contribution in [0, 0.1) is 11.3 Å². The van der Waals surface area contributed by atoms with E-state index in [0.29, 0.717) is 43.9 Å². The molecule has 1 aliphatic rings. The van der Waals surface area contributed by atoms with Crippen LogP contribution in [-0.4, -0.2) is 55.6 Å². The molecular weight excluding hydrogens is 408 g/mol. The first-order chi connectivity index (χ1) is 15.4. The van der Waals surface area contributed by atoms with Crippen molar-refractivity contribution in [1.29, 1.82) is 5.41 Å². The Balaban J connectivity index is 1.62. The normalized spacial score (nSPS) is 17.6. The Morgan fingerprint density at radius 3 is 2.31 bits per heavy atom. The Morgan fingerprint density at radius 2 is 1.75 bits per heavy atom. The van der Waals surface area contributed by atoms with Gasteiger partial charge in [0.25, 0.3) is 0 Å². The summed E-state index contributed by atoms with van der Waals surface area (Å²) in [6.45, 7) is 3.27. The molecule has 2 amide bonds. The SMILES string of the molecule is CCNC(=O)N1C[C@H](CC(=O)OC)C[C@H]1COc1ccc(-c2ccc(C(=N)N)cc2)cc1. The zero-order valence-electron chi connectivity index (χ0n) is 18.5. The molecule has 0 unspecified atom stereocenters. The van der Waals surface area contributed by atoms with Gasteiger partial charge in [-0.1, -0.05) is 36.4 Å². The van der Waals surface area contributed by atoms with Crippen LogP contribution in [0.4, 0.5) is 4.79 Å². The van der Waals surface area contributed by atoms with Gasteiger partial charge >= 0.3 is 12.0 Å². The zero-order valence-corrected chi connectivity index (χ0v) is 18.5. The Kier molecular flexibility index (Phi) is 7.70. The zero-order chi connectivity index (χ0) is 23.1. The highest BCUT2D eigenvalue weighted by Gasteiger charge is 2.36. The second-order valence-electron chi connectivity index (χ2n) is 7.85. The number of methoxy groups -OCH3 is 1. The maximum Gasteiger partial charge on any atom is 0.317 e. The average molecular weight is 439 g/mol. The summed E-state index contributed by atoms with van der Waals surface area (Å²) in [5.74, 6) is 0.544. The van der Waals surface area contributed by atoms with Gasteiger partial charge in [0.15, 0.2) is 0 Å². The van der Waals surface area contributed by atoms with Crippen molar-refractivity contribution in [3.63, 3.8) is 0 Å². The van der Waals surface area contributed by atoms with Gasteiger partial charge in [0.2, 0.25) is 0 Å². The maximum atomic E-state index is 12.5. The third-order valence-electron chi connectivity index (χ3n) is 5.60. The summed E-state index contributed by atoms with van der Waals surface area (Å²) in [5, 5.41) is 10.3. The number of nitrogen functional groups attached to an aromatic ring is 1. The van der Waals surface area contributed by atoms with E-state index in [-0.39, 0.29) is 29.8 Å². The Labute approximate surface area is 188 Å². The molecule has 0 spiro atoms. The van der Waals surface area contributed by atoms with Crippen LogP contribution in [0.25, 0.3) is 11.1 Å². The van der Waals surface area contributed by atoms with E-state index in [4.69, 9.17) is 20.6 Å². The number of nitrogens with two attached hydrogens (primary N) is 1. The van der Waals surface area contributed by atoms with E-state index in [2.05, 4.69) is 5.32 Å². The first-order valence-electron chi connectivity index (χ1n) is 10.7. The molecule has 0 aliphatic carbocycles. The average Bonchev–Trinajstić information content (AvgIpc) is 3.20. The number of rotatable bonds is 8. The fraction of sp³-hybridized carbons (Fsp3) is 0.375. The van der Waals surface area contributed by atoms with Crippen molar-refractivity contribution >= 4 is 17.8 Å². The fourth-order valence-corrected chi connectivity index (χ4v) is 3.92. The molecule has 0 aromatic heterocycles. The van der Waals surface area contributed by atoms with Gasteiger partial charge in [-0.3, -0.25) is 10.2 Å². The van der Waals surface area contributed by atoms with Gasteiger partial charge in [-0.2, -0.15) is 0 Å². The molecule has 8 heteroatoms. The molecule has 4 N–H and O–H groups in total. The lowest BCUT2D eigenvalue weighted by Crippen LogP contribution is -2.45. The standard InChI is InChI=1S/C24H30N4O4/c1-3-27-24(30)28-14-16(13-22(29)31-2)12-20(28)15-32-21-10-8-18(9-11-21)17-4-6-19(7-5-17)23(25)26/h4-11,16,20H,3,12-15H2,1-2H3,(H3,25,26)(H,27,30)/t16-,20-/m0/s1. The van der Waals surface area contributed by atoms with Crippen molar-refractivity contribution in [2.45, 2.75) is 25.8 Å². The number of ether oxygens (including phenoxy) is 2. The molecule has 2 atom stereocenters. The van der Waals surface area contributed by atoms with Crippen molar-refractivity contribution in [3.05, 3.63) is 54.1 Å². The lowest BCUT2D eigenvalue weighted by molar-refractivity contribution is -0.141. The van der Waals surface area contributed by atoms with Crippen molar-refractivity contribution in [2.75, 3.05) is 26.8 Å². The minimum atomic E-state index is -0.264. The van der Waals surface area contributed by atoms with Gasteiger partial charge in [0, 0.05) is 18.7 Å². The lowest BCUT2D eigenvalue weighted by atomic mass is 10.0. The number of esters is 1. The minimum absolute atomic E-state index is 0.0442. The van der Waals surface area contributed by atoms with E-state index >= 15 is 0 Å². The van der Waals surface area contributed by atoms with E-state index in [0.717, 1.165) is 11.1 Å². The predicted molar refractivity (Wildman–Crippen MR) is 123 cm³/mol. The van der Waals surface area contributed by atoms with Crippen LogP contribution in [0.15, 0.2) is 48.5 Å². The molecule has 0 radical (unpaired) electrons. The van der Waals surface area contributed by atoms with Crippen LogP contribution in [0.3, 0.4) is 0 Å². The highest BCUT2D eigenvalue weighted by atomic mass is 16.5. The molecule has 2 aromatic carbocycles. The Hall–Kier alpha value is -3.55. The molecule has 32 heavy (non-hydrogen) atoms. The number of carbonyl (C=O) groups is 2. The topological polar surface area (TPSA) is 118 Å². The first kappa shape index (κ1) is 23.1. The molecule has 3 rings (SSSR count). The van der Waals surface area contributed by atoms with Gasteiger partial charge < -0.3 is 25.4 Å². The van der Waals surface area contributed by atoms with Gasteiger partial charge in [-0.25, -0.2) is 4.79 Å². The number of nitrogens with zero attached hydrogens (tertiary/aromatic N) is 1. The lowest BCUT2D eigenvalue weighted by Gasteiger charge is -2.24. The van der Waals surface area contributed by atoms with E-state index in [9.17, 15) is 9.59 Å². The molecule has 2 aromatic rings. The predicted octanol–water partition coefficient (Wildman–Crippen LogP) is 3.00. The van der Waals surface area contributed by atoms with Gasteiger partial charge in [0.1, 0.15) is 18.2 Å². The van der Waals surface area contributed by atoms with Crippen LogP contribution >= 0.6 is 0 Å². The fourth-order valence-electron chi connectivity index (χ4n) is 3.92. The highest BCUT2D eigenvalue weighted by molar-refractivity contribution is 5.95. The minimum Gasteiger partial charge on any atom is -0.491 e. The van der Waals surface area contributed by atoms with Crippen LogP contribution in [0.1, 0.15) is 25.3 Å². The number of urea groups is 1. The van der Waals surface area contributed by atoms with Crippen molar-refractivity contribution in [3.8, 4) is 16.9 Å². The van der Waals surface area contributed by atoms with Crippen LogP contribution < -0.4 is 15.8 Å². The van der Waals surface area contributed by atoms with Crippen molar-refractivity contribution in [1.82, 2.24) is 10.2 Å². The van der Waals surface area contributed by atoms with E-state index < -0.39 is 0 Å². The number of benzene rings is 2. The summed E-state index contributed by atoms with van der Waals surface area (Å²) < 4.78 is 10.8. The molecule has 1 heterocycles. The Morgan fingerprint density at radius 1 is 1.12 bits per heavy atom. The van der Waals surface area contributed by atoms with Gasteiger partial charge in [-0.05, 0) is 42.5 Å². The van der Waals surface area contributed by atoms with E-state index in [1.807, 2.05) is 55.5 Å².